The summed E-state index contributed by atoms with van der Waals surface area (Å²) in [5.74, 6) is 1.45. The SMILES string of the molecule is Cc1cc(Br)ccc1C(O)c1ccc2c(c1)OCCCO2. The Hall–Kier alpha value is -1.52. The molecular weight excluding hydrogens is 332 g/mol. The fourth-order valence-electron chi connectivity index (χ4n) is 2.48. The molecule has 2 aromatic carbocycles. The molecule has 0 fully saturated rings. The normalized spacial score (nSPS) is 15.4. The number of fused-ring (bicyclic) bond motifs is 1. The zero-order chi connectivity index (χ0) is 14.8. The van der Waals surface area contributed by atoms with Crippen molar-refractivity contribution in [2.45, 2.75) is 19.4 Å². The minimum Gasteiger partial charge on any atom is -0.490 e. The lowest BCUT2D eigenvalue weighted by Crippen LogP contribution is -2.03. The summed E-state index contributed by atoms with van der Waals surface area (Å²) in [7, 11) is 0. The summed E-state index contributed by atoms with van der Waals surface area (Å²) in [5, 5.41) is 10.6. The molecule has 1 unspecified atom stereocenters. The zero-order valence-electron chi connectivity index (χ0n) is 11.8. The highest BCUT2D eigenvalue weighted by atomic mass is 79.9. The molecule has 0 spiro atoms. The van der Waals surface area contributed by atoms with Gasteiger partial charge in [-0.3, -0.25) is 0 Å². The minimum atomic E-state index is -0.671. The van der Waals surface area contributed by atoms with E-state index in [9.17, 15) is 5.11 Å². The van der Waals surface area contributed by atoms with Gasteiger partial charge in [0, 0.05) is 10.9 Å². The van der Waals surface area contributed by atoms with Gasteiger partial charge in [0.2, 0.25) is 0 Å². The van der Waals surface area contributed by atoms with Gasteiger partial charge in [-0.2, -0.15) is 0 Å². The zero-order valence-corrected chi connectivity index (χ0v) is 13.4. The number of aliphatic hydroxyl groups is 1. The van der Waals surface area contributed by atoms with E-state index in [2.05, 4.69) is 15.9 Å². The van der Waals surface area contributed by atoms with Crippen molar-refractivity contribution in [3.8, 4) is 11.5 Å². The van der Waals surface area contributed by atoms with Crippen LogP contribution in [0, 0.1) is 6.92 Å². The van der Waals surface area contributed by atoms with Crippen molar-refractivity contribution in [1.29, 1.82) is 0 Å². The molecule has 0 aliphatic carbocycles. The van der Waals surface area contributed by atoms with Gasteiger partial charge in [-0.1, -0.05) is 28.1 Å². The smallest absolute Gasteiger partial charge is 0.161 e. The summed E-state index contributed by atoms with van der Waals surface area (Å²) >= 11 is 3.44. The van der Waals surface area contributed by atoms with Gasteiger partial charge in [0.25, 0.3) is 0 Å². The molecule has 0 radical (unpaired) electrons. The average Bonchev–Trinajstić information content (AvgIpc) is 2.71. The second kappa shape index (κ2) is 6.08. The van der Waals surface area contributed by atoms with Crippen LogP contribution in [0.5, 0.6) is 11.5 Å². The number of halogens is 1. The van der Waals surface area contributed by atoms with Crippen LogP contribution in [-0.2, 0) is 0 Å². The van der Waals surface area contributed by atoms with Crippen molar-refractivity contribution in [2.75, 3.05) is 13.2 Å². The average molecular weight is 349 g/mol. The molecule has 2 aromatic rings. The highest BCUT2D eigenvalue weighted by Crippen LogP contribution is 2.35. The molecule has 0 amide bonds. The van der Waals surface area contributed by atoms with Crippen molar-refractivity contribution in [3.05, 3.63) is 57.6 Å². The minimum absolute atomic E-state index is 0.643. The number of aryl methyl sites for hydroxylation is 1. The summed E-state index contributed by atoms with van der Waals surface area (Å²) in [6, 6.07) is 11.5. The molecule has 1 aliphatic rings. The first-order valence-corrected chi connectivity index (χ1v) is 7.78. The van der Waals surface area contributed by atoms with Crippen LogP contribution in [0.25, 0.3) is 0 Å². The molecule has 3 nitrogen and oxygen atoms in total. The quantitative estimate of drug-likeness (QED) is 0.891. The van der Waals surface area contributed by atoms with E-state index in [1.165, 1.54) is 0 Å². The van der Waals surface area contributed by atoms with Gasteiger partial charge in [0.15, 0.2) is 11.5 Å². The van der Waals surface area contributed by atoms with Crippen LogP contribution >= 0.6 is 15.9 Å². The number of hydrogen-bond acceptors (Lipinski definition) is 3. The van der Waals surface area contributed by atoms with Gasteiger partial charge >= 0.3 is 0 Å². The lowest BCUT2D eigenvalue weighted by molar-refractivity contribution is 0.218. The Balaban J connectivity index is 1.94. The summed E-state index contributed by atoms with van der Waals surface area (Å²) in [5.41, 5.74) is 2.75. The van der Waals surface area contributed by atoms with E-state index in [-0.39, 0.29) is 0 Å². The van der Waals surface area contributed by atoms with E-state index < -0.39 is 6.10 Å². The lowest BCUT2D eigenvalue weighted by Gasteiger charge is -2.16. The number of ether oxygens (including phenoxy) is 2. The highest BCUT2D eigenvalue weighted by Gasteiger charge is 2.17. The summed E-state index contributed by atoms with van der Waals surface area (Å²) in [6.07, 6.45) is 0.202. The molecular formula is C17H17BrO3. The Morgan fingerprint density at radius 1 is 1.05 bits per heavy atom. The third-order valence-corrected chi connectivity index (χ3v) is 4.11. The third-order valence-electron chi connectivity index (χ3n) is 3.61. The van der Waals surface area contributed by atoms with Gasteiger partial charge in [-0.25, -0.2) is 0 Å². The predicted octanol–water partition coefficient (Wildman–Crippen LogP) is 4.00. The number of hydrogen-bond donors (Lipinski definition) is 1. The van der Waals surface area contributed by atoms with Crippen molar-refractivity contribution in [2.24, 2.45) is 0 Å². The van der Waals surface area contributed by atoms with Gasteiger partial charge in [-0.05, 0) is 47.9 Å². The molecule has 1 N–H and O–H groups in total. The van der Waals surface area contributed by atoms with Crippen molar-refractivity contribution >= 4 is 15.9 Å². The maximum atomic E-state index is 10.6. The topological polar surface area (TPSA) is 38.7 Å². The molecule has 21 heavy (non-hydrogen) atoms. The first kappa shape index (κ1) is 14.4. The van der Waals surface area contributed by atoms with E-state index in [4.69, 9.17) is 9.47 Å². The van der Waals surface area contributed by atoms with Crippen LogP contribution in [0.2, 0.25) is 0 Å². The van der Waals surface area contributed by atoms with Crippen LogP contribution in [0.4, 0.5) is 0 Å². The molecule has 3 rings (SSSR count). The summed E-state index contributed by atoms with van der Waals surface area (Å²) in [6.45, 7) is 3.30. The van der Waals surface area contributed by atoms with Crippen LogP contribution in [0.15, 0.2) is 40.9 Å². The van der Waals surface area contributed by atoms with E-state index >= 15 is 0 Å². The van der Waals surface area contributed by atoms with Crippen molar-refractivity contribution < 1.29 is 14.6 Å². The molecule has 1 heterocycles. The fraction of sp³-hybridized carbons (Fsp3) is 0.294. The molecule has 0 saturated carbocycles. The Morgan fingerprint density at radius 2 is 1.81 bits per heavy atom. The van der Waals surface area contributed by atoms with Crippen LogP contribution in [0.3, 0.4) is 0 Å². The lowest BCUT2D eigenvalue weighted by atomic mass is 9.97. The number of benzene rings is 2. The molecule has 0 bridgehead atoms. The molecule has 0 saturated heterocycles. The number of aliphatic hydroxyl groups excluding tert-OH is 1. The van der Waals surface area contributed by atoms with Crippen LogP contribution in [-0.4, -0.2) is 18.3 Å². The van der Waals surface area contributed by atoms with Gasteiger partial charge < -0.3 is 14.6 Å². The third kappa shape index (κ3) is 3.06. The molecule has 1 aliphatic heterocycles. The molecule has 1 atom stereocenters. The Morgan fingerprint density at radius 3 is 2.57 bits per heavy atom. The second-order valence-corrected chi connectivity index (χ2v) is 6.08. The van der Waals surface area contributed by atoms with Gasteiger partial charge in [0.05, 0.1) is 13.2 Å². The molecule has 0 aromatic heterocycles. The van der Waals surface area contributed by atoms with E-state index in [1.807, 2.05) is 43.3 Å². The predicted molar refractivity (Wildman–Crippen MR) is 85.0 cm³/mol. The van der Waals surface area contributed by atoms with E-state index in [0.717, 1.165) is 33.3 Å². The first-order chi connectivity index (χ1) is 10.1. The summed E-state index contributed by atoms with van der Waals surface area (Å²) in [4.78, 5) is 0. The molecule has 110 valence electrons. The Bertz CT molecular complexity index is 654. The fourth-order valence-corrected chi connectivity index (χ4v) is 2.95. The van der Waals surface area contributed by atoms with Crippen molar-refractivity contribution in [3.63, 3.8) is 0 Å². The van der Waals surface area contributed by atoms with Crippen LogP contribution in [0.1, 0.15) is 29.2 Å². The Labute approximate surface area is 132 Å². The van der Waals surface area contributed by atoms with Crippen LogP contribution < -0.4 is 9.47 Å². The highest BCUT2D eigenvalue weighted by molar-refractivity contribution is 9.10. The Kier molecular flexibility index (Phi) is 4.17. The van der Waals surface area contributed by atoms with Gasteiger partial charge in [-0.15, -0.1) is 0 Å². The molecule has 4 heteroatoms. The maximum absolute atomic E-state index is 10.6. The monoisotopic (exact) mass is 348 g/mol. The largest absolute Gasteiger partial charge is 0.490 e. The number of rotatable bonds is 2. The first-order valence-electron chi connectivity index (χ1n) is 6.99. The standard InChI is InChI=1S/C17H17BrO3/c1-11-9-13(18)4-5-14(11)17(19)12-3-6-15-16(10-12)21-8-2-7-20-15/h3-6,9-10,17,19H,2,7-8H2,1H3. The van der Waals surface area contributed by atoms with E-state index in [1.54, 1.807) is 0 Å². The van der Waals surface area contributed by atoms with E-state index in [0.29, 0.717) is 19.0 Å². The van der Waals surface area contributed by atoms with Crippen molar-refractivity contribution in [1.82, 2.24) is 0 Å². The van der Waals surface area contributed by atoms with Gasteiger partial charge in [0.1, 0.15) is 6.10 Å². The second-order valence-electron chi connectivity index (χ2n) is 5.16. The maximum Gasteiger partial charge on any atom is 0.161 e. The summed E-state index contributed by atoms with van der Waals surface area (Å²) < 4.78 is 12.3.